The highest BCUT2D eigenvalue weighted by Gasteiger charge is 2.27. The van der Waals surface area contributed by atoms with Crippen LogP contribution in [0.5, 0.6) is 0 Å². The van der Waals surface area contributed by atoms with E-state index in [1.54, 1.807) is 6.08 Å². The van der Waals surface area contributed by atoms with Gasteiger partial charge in [-0.05, 0) is 36.6 Å². The molecule has 0 atom stereocenters. The number of hydrogen-bond acceptors (Lipinski definition) is 4. The average molecular weight is 350 g/mol. The second-order valence-corrected chi connectivity index (χ2v) is 6.52. The molecule has 1 aliphatic rings. The van der Waals surface area contributed by atoms with Crippen molar-refractivity contribution in [1.29, 1.82) is 0 Å². The molecule has 0 radical (unpaired) electrons. The number of halogens is 1. The zero-order chi connectivity index (χ0) is 13.9. The minimum absolute atomic E-state index is 0.191. The Morgan fingerprint density at radius 1 is 1.40 bits per heavy atom. The topological polar surface area (TPSA) is 54.9 Å². The van der Waals surface area contributed by atoms with Gasteiger partial charge in [-0.3, -0.25) is 10.1 Å². The molecule has 20 heavy (non-hydrogen) atoms. The van der Waals surface area contributed by atoms with Gasteiger partial charge < -0.3 is 0 Å². The van der Waals surface area contributed by atoms with E-state index < -0.39 is 0 Å². The molecule has 2 aromatic rings. The van der Waals surface area contributed by atoms with Crippen LogP contribution in [0.2, 0.25) is 0 Å². The standard InChI is InChI=1S/C14H12BrN3OS/c15-11-3-1-2-9(8-11)4-7-12(19)16-14-18-17-13(20-14)10-5-6-10/h1-4,7-8,10H,5-6H2,(H,16,18,19). The van der Waals surface area contributed by atoms with E-state index in [0.29, 0.717) is 11.0 Å². The third kappa shape index (κ3) is 3.52. The molecule has 1 amide bonds. The first kappa shape index (κ1) is 13.5. The van der Waals surface area contributed by atoms with E-state index in [1.165, 1.54) is 30.3 Å². The molecule has 1 N–H and O–H groups in total. The molecule has 102 valence electrons. The van der Waals surface area contributed by atoms with Gasteiger partial charge in [-0.15, -0.1) is 10.2 Å². The summed E-state index contributed by atoms with van der Waals surface area (Å²) in [5.74, 6) is 0.374. The number of anilines is 1. The summed E-state index contributed by atoms with van der Waals surface area (Å²) in [7, 11) is 0. The average Bonchev–Trinajstić information content (AvgIpc) is 3.18. The van der Waals surface area contributed by atoms with Crippen molar-refractivity contribution in [2.24, 2.45) is 0 Å². The van der Waals surface area contributed by atoms with Crippen molar-refractivity contribution in [3.63, 3.8) is 0 Å². The third-order valence-corrected chi connectivity index (χ3v) is 4.37. The van der Waals surface area contributed by atoms with Crippen LogP contribution in [0.3, 0.4) is 0 Å². The Balaban J connectivity index is 1.61. The lowest BCUT2D eigenvalue weighted by Gasteiger charge is -1.96. The summed E-state index contributed by atoms with van der Waals surface area (Å²) in [5, 5.41) is 12.4. The van der Waals surface area contributed by atoms with Crippen LogP contribution in [0.4, 0.5) is 5.13 Å². The fraction of sp³-hybridized carbons (Fsp3) is 0.214. The summed E-state index contributed by atoms with van der Waals surface area (Å²) in [6.45, 7) is 0. The highest BCUT2D eigenvalue weighted by Crippen LogP contribution is 2.41. The molecule has 4 nitrogen and oxygen atoms in total. The lowest BCUT2D eigenvalue weighted by Crippen LogP contribution is -2.07. The summed E-state index contributed by atoms with van der Waals surface area (Å²) >= 11 is 4.85. The predicted molar refractivity (Wildman–Crippen MR) is 83.7 cm³/mol. The van der Waals surface area contributed by atoms with E-state index in [2.05, 4.69) is 31.4 Å². The monoisotopic (exact) mass is 349 g/mol. The van der Waals surface area contributed by atoms with Gasteiger partial charge in [-0.2, -0.15) is 0 Å². The number of carbonyl (C=O) groups excluding carboxylic acids is 1. The number of aromatic nitrogens is 2. The van der Waals surface area contributed by atoms with Crippen molar-refractivity contribution in [3.05, 3.63) is 45.4 Å². The lowest BCUT2D eigenvalue weighted by molar-refractivity contribution is -0.111. The SMILES string of the molecule is O=C(C=Cc1cccc(Br)c1)Nc1nnc(C2CC2)s1. The molecule has 6 heteroatoms. The highest BCUT2D eigenvalue weighted by molar-refractivity contribution is 9.10. The molecule has 1 aliphatic carbocycles. The summed E-state index contributed by atoms with van der Waals surface area (Å²) < 4.78 is 0.984. The Hall–Kier alpha value is -1.53. The van der Waals surface area contributed by atoms with Crippen LogP contribution in [0.15, 0.2) is 34.8 Å². The van der Waals surface area contributed by atoms with Gasteiger partial charge in [0.1, 0.15) is 5.01 Å². The fourth-order valence-electron chi connectivity index (χ4n) is 1.71. The van der Waals surface area contributed by atoms with Gasteiger partial charge in [-0.1, -0.05) is 39.4 Å². The summed E-state index contributed by atoms with van der Waals surface area (Å²) in [4.78, 5) is 11.8. The molecule has 1 saturated carbocycles. The van der Waals surface area contributed by atoms with Crippen LogP contribution in [0, 0.1) is 0 Å². The maximum atomic E-state index is 11.8. The molecule has 1 heterocycles. The van der Waals surface area contributed by atoms with Gasteiger partial charge in [0.05, 0.1) is 0 Å². The van der Waals surface area contributed by atoms with E-state index in [9.17, 15) is 4.79 Å². The Bertz CT molecular complexity index is 664. The van der Waals surface area contributed by atoms with Gasteiger partial charge in [0.25, 0.3) is 0 Å². The van der Waals surface area contributed by atoms with Gasteiger partial charge in [0.2, 0.25) is 11.0 Å². The van der Waals surface area contributed by atoms with E-state index in [-0.39, 0.29) is 5.91 Å². The van der Waals surface area contributed by atoms with Crippen molar-refractivity contribution in [1.82, 2.24) is 10.2 Å². The first-order valence-electron chi connectivity index (χ1n) is 6.29. The smallest absolute Gasteiger partial charge is 0.250 e. The van der Waals surface area contributed by atoms with E-state index in [4.69, 9.17) is 0 Å². The van der Waals surface area contributed by atoms with Crippen molar-refractivity contribution < 1.29 is 4.79 Å². The molecule has 1 aromatic carbocycles. The summed E-state index contributed by atoms with van der Waals surface area (Å²) in [6.07, 6.45) is 5.64. The normalized spacial score (nSPS) is 14.7. The number of rotatable bonds is 4. The largest absolute Gasteiger partial charge is 0.297 e. The van der Waals surface area contributed by atoms with E-state index >= 15 is 0 Å². The summed E-state index contributed by atoms with van der Waals surface area (Å²) in [5.41, 5.74) is 0.963. The maximum Gasteiger partial charge on any atom is 0.250 e. The second-order valence-electron chi connectivity index (χ2n) is 4.60. The molecule has 0 unspecified atom stereocenters. The minimum atomic E-state index is -0.191. The number of amides is 1. The van der Waals surface area contributed by atoms with E-state index in [0.717, 1.165) is 15.0 Å². The molecular formula is C14H12BrN3OS. The number of benzene rings is 1. The molecule has 0 spiro atoms. The zero-order valence-electron chi connectivity index (χ0n) is 10.5. The number of nitrogens with one attached hydrogen (secondary N) is 1. The second kappa shape index (κ2) is 5.85. The predicted octanol–water partition coefficient (Wildman–Crippen LogP) is 3.83. The Kier molecular flexibility index (Phi) is 3.93. The minimum Gasteiger partial charge on any atom is -0.297 e. The Morgan fingerprint density at radius 2 is 2.25 bits per heavy atom. The Labute approximate surface area is 129 Å². The van der Waals surface area contributed by atoms with Gasteiger partial charge in [0, 0.05) is 16.5 Å². The van der Waals surface area contributed by atoms with Crippen LogP contribution in [-0.4, -0.2) is 16.1 Å². The number of hydrogen-bond donors (Lipinski definition) is 1. The van der Waals surface area contributed by atoms with Crippen molar-refractivity contribution in [2.75, 3.05) is 5.32 Å². The van der Waals surface area contributed by atoms with Crippen LogP contribution in [-0.2, 0) is 4.79 Å². The van der Waals surface area contributed by atoms with Crippen LogP contribution in [0.25, 0.3) is 6.08 Å². The zero-order valence-corrected chi connectivity index (χ0v) is 12.9. The Morgan fingerprint density at radius 3 is 3.00 bits per heavy atom. The third-order valence-electron chi connectivity index (χ3n) is 2.87. The van der Waals surface area contributed by atoms with Crippen molar-refractivity contribution in [3.8, 4) is 0 Å². The quantitative estimate of drug-likeness (QED) is 0.853. The molecule has 1 aromatic heterocycles. The van der Waals surface area contributed by atoms with Crippen LogP contribution in [0.1, 0.15) is 29.3 Å². The van der Waals surface area contributed by atoms with Crippen molar-refractivity contribution >= 4 is 44.4 Å². The first-order valence-corrected chi connectivity index (χ1v) is 7.90. The van der Waals surface area contributed by atoms with Crippen molar-refractivity contribution in [2.45, 2.75) is 18.8 Å². The van der Waals surface area contributed by atoms with Crippen LogP contribution < -0.4 is 5.32 Å². The number of nitrogens with zero attached hydrogens (tertiary/aromatic N) is 2. The maximum absolute atomic E-state index is 11.8. The molecule has 0 aliphatic heterocycles. The van der Waals surface area contributed by atoms with Gasteiger partial charge >= 0.3 is 0 Å². The van der Waals surface area contributed by atoms with Gasteiger partial charge in [-0.25, -0.2) is 0 Å². The summed E-state index contributed by atoms with van der Waals surface area (Å²) in [6, 6.07) is 7.75. The molecule has 0 saturated heterocycles. The number of carbonyl (C=O) groups is 1. The highest BCUT2D eigenvalue weighted by atomic mass is 79.9. The molecule has 1 fully saturated rings. The lowest BCUT2D eigenvalue weighted by atomic mass is 10.2. The van der Waals surface area contributed by atoms with Crippen LogP contribution >= 0.6 is 27.3 Å². The first-order chi connectivity index (χ1) is 9.70. The van der Waals surface area contributed by atoms with E-state index in [1.807, 2.05) is 24.3 Å². The fourth-order valence-corrected chi connectivity index (χ4v) is 3.04. The molecular weight excluding hydrogens is 338 g/mol. The molecule has 3 rings (SSSR count). The molecule has 0 bridgehead atoms. The van der Waals surface area contributed by atoms with Gasteiger partial charge in [0.15, 0.2) is 0 Å².